The lowest BCUT2D eigenvalue weighted by molar-refractivity contribution is -0.137. The Bertz CT molecular complexity index is 1420. The fourth-order valence-corrected chi connectivity index (χ4v) is 4.96. The molecule has 1 atom stereocenters. The van der Waals surface area contributed by atoms with Gasteiger partial charge in [-0.1, -0.05) is 13.3 Å². The molecule has 10 heteroatoms. The van der Waals surface area contributed by atoms with Gasteiger partial charge in [-0.3, -0.25) is 9.59 Å². The molecule has 202 valence electrons. The Morgan fingerprint density at radius 3 is 2.53 bits per heavy atom. The monoisotopic (exact) mass is 528 g/mol. The van der Waals surface area contributed by atoms with Crippen molar-refractivity contribution >= 4 is 5.91 Å². The van der Waals surface area contributed by atoms with Crippen molar-refractivity contribution in [1.82, 2.24) is 19.0 Å². The van der Waals surface area contributed by atoms with Crippen LogP contribution in [0.25, 0.3) is 5.69 Å². The van der Waals surface area contributed by atoms with E-state index in [2.05, 4.69) is 4.98 Å². The van der Waals surface area contributed by atoms with E-state index in [1.165, 1.54) is 9.47 Å². The Hall–Kier alpha value is -3.56. The average Bonchev–Trinajstić information content (AvgIpc) is 3.60. The number of carbonyl (C=O) groups excluding carboxylic acids is 1. The summed E-state index contributed by atoms with van der Waals surface area (Å²) in [5.41, 5.74) is 1.47. The maximum Gasteiger partial charge on any atom is 0.416 e. The van der Waals surface area contributed by atoms with Crippen LogP contribution < -0.4 is 10.3 Å². The number of nitrogens with zero attached hydrogens (tertiary/aromatic N) is 4. The number of aromatic nitrogens is 3. The highest BCUT2D eigenvalue weighted by molar-refractivity contribution is 5.94. The second-order valence-electron chi connectivity index (χ2n) is 10.4. The van der Waals surface area contributed by atoms with Gasteiger partial charge < -0.3 is 18.8 Å². The van der Waals surface area contributed by atoms with Crippen LogP contribution in [0.1, 0.15) is 66.0 Å². The van der Waals surface area contributed by atoms with Crippen LogP contribution in [-0.4, -0.2) is 37.6 Å². The molecule has 0 radical (unpaired) electrons. The first-order chi connectivity index (χ1) is 18.0. The Balaban J connectivity index is 1.50. The number of hydrogen-bond acceptors (Lipinski definition) is 4. The second kappa shape index (κ2) is 9.96. The van der Waals surface area contributed by atoms with Crippen molar-refractivity contribution in [3.8, 4) is 11.4 Å². The Morgan fingerprint density at radius 1 is 1.13 bits per heavy atom. The molecule has 1 saturated carbocycles. The van der Waals surface area contributed by atoms with Crippen LogP contribution in [0.15, 0.2) is 41.6 Å². The third kappa shape index (κ3) is 5.21. The Kier molecular flexibility index (Phi) is 6.83. The van der Waals surface area contributed by atoms with Gasteiger partial charge in [0.25, 0.3) is 11.5 Å². The summed E-state index contributed by atoms with van der Waals surface area (Å²) in [5.74, 6) is 0.158. The maximum atomic E-state index is 13.7. The molecule has 0 N–H and O–H groups in total. The summed E-state index contributed by atoms with van der Waals surface area (Å²) in [6.07, 6.45) is 2.23. The second-order valence-corrected chi connectivity index (χ2v) is 10.4. The largest absolute Gasteiger partial charge is 0.493 e. The first-order valence-corrected chi connectivity index (χ1v) is 13.0. The molecule has 2 aromatic heterocycles. The predicted octanol–water partition coefficient (Wildman–Crippen LogP) is 5.15. The summed E-state index contributed by atoms with van der Waals surface area (Å²) in [6, 6.07) is 4.99. The van der Waals surface area contributed by atoms with E-state index in [-0.39, 0.29) is 36.0 Å². The number of carbonyl (C=O) groups is 1. The van der Waals surface area contributed by atoms with Gasteiger partial charge in [-0.15, -0.1) is 0 Å². The summed E-state index contributed by atoms with van der Waals surface area (Å²) in [5, 5.41) is 0. The molecule has 7 nitrogen and oxygen atoms in total. The minimum absolute atomic E-state index is 0.0243. The molecule has 0 saturated heterocycles. The molecule has 1 aliphatic heterocycles. The van der Waals surface area contributed by atoms with Crippen molar-refractivity contribution in [3.05, 3.63) is 75.2 Å². The topological polar surface area (TPSA) is 69.4 Å². The van der Waals surface area contributed by atoms with Gasteiger partial charge in [0.2, 0.25) is 0 Å². The zero-order chi connectivity index (χ0) is 27.2. The molecule has 5 rings (SSSR count). The number of rotatable bonds is 8. The standard InChI is InChI=1S/C28H31F3N4O3/c1-4-5-21-10-24-26(36)34(18(3)13-35(24)27(37)25(21)33-12-17(2)32-16-33)14-20-8-22(28(29,30)31)11-23(9-20)38-15-19-6-7-19/h8-12,16,18-19H,4-7,13-15H2,1-3H3. The molecule has 1 aromatic carbocycles. The maximum absolute atomic E-state index is 13.7. The molecule has 3 heterocycles. The van der Waals surface area contributed by atoms with Crippen molar-refractivity contribution in [2.24, 2.45) is 5.92 Å². The van der Waals surface area contributed by atoms with Gasteiger partial charge in [0.15, 0.2) is 0 Å². The predicted molar refractivity (Wildman–Crippen MR) is 136 cm³/mol. The SMILES string of the molecule is CCCc1cc2n(c(=O)c1-n1cnc(C)c1)CC(C)N(Cc1cc(OCC3CC3)cc(C(F)(F)F)c1)C2=O. The highest BCUT2D eigenvalue weighted by Crippen LogP contribution is 2.35. The van der Waals surface area contributed by atoms with Crippen LogP contribution in [0.4, 0.5) is 13.2 Å². The van der Waals surface area contributed by atoms with Crippen LogP contribution in [0, 0.1) is 12.8 Å². The number of imidazole rings is 1. The van der Waals surface area contributed by atoms with Gasteiger partial charge in [-0.25, -0.2) is 4.98 Å². The van der Waals surface area contributed by atoms with Crippen LogP contribution >= 0.6 is 0 Å². The molecule has 1 fully saturated rings. The molecule has 1 unspecified atom stereocenters. The van der Waals surface area contributed by atoms with E-state index in [9.17, 15) is 22.8 Å². The number of alkyl halides is 3. The Labute approximate surface area is 218 Å². The minimum atomic E-state index is -4.54. The van der Waals surface area contributed by atoms with Gasteiger partial charge in [-0.2, -0.15) is 13.2 Å². The Morgan fingerprint density at radius 2 is 1.89 bits per heavy atom. The number of fused-ring (bicyclic) bond motifs is 1. The van der Waals surface area contributed by atoms with Crippen molar-refractivity contribution in [3.63, 3.8) is 0 Å². The number of ether oxygens (including phenoxy) is 1. The molecular formula is C28H31F3N4O3. The first kappa shape index (κ1) is 26.1. The third-order valence-corrected chi connectivity index (χ3v) is 7.13. The lowest BCUT2D eigenvalue weighted by Gasteiger charge is -2.36. The number of amides is 1. The molecule has 0 bridgehead atoms. The summed E-state index contributed by atoms with van der Waals surface area (Å²) in [6.45, 7) is 6.22. The summed E-state index contributed by atoms with van der Waals surface area (Å²) < 4.78 is 49.8. The normalized spacial score (nSPS) is 17.6. The highest BCUT2D eigenvalue weighted by Gasteiger charge is 2.35. The van der Waals surface area contributed by atoms with E-state index in [1.54, 1.807) is 36.1 Å². The number of benzene rings is 1. The van der Waals surface area contributed by atoms with E-state index in [1.807, 2.05) is 13.8 Å². The molecule has 1 amide bonds. The highest BCUT2D eigenvalue weighted by atomic mass is 19.4. The summed E-state index contributed by atoms with van der Waals surface area (Å²) >= 11 is 0. The van der Waals surface area contributed by atoms with Gasteiger partial charge in [-0.05, 0) is 74.4 Å². The van der Waals surface area contributed by atoms with Gasteiger partial charge in [0.05, 0.1) is 24.2 Å². The zero-order valence-corrected chi connectivity index (χ0v) is 21.7. The lowest BCUT2D eigenvalue weighted by Crippen LogP contribution is -2.50. The zero-order valence-electron chi connectivity index (χ0n) is 21.7. The molecule has 3 aromatic rings. The number of halogens is 3. The van der Waals surface area contributed by atoms with Gasteiger partial charge in [0, 0.05) is 25.3 Å². The molecule has 1 aliphatic carbocycles. The fraction of sp³-hybridized carbons (Fsp3) is 0.464. The van der Waals surface area contributed by atoms with Crippen molar-refractivity contribution in [2.45, 2.75) is 71.8 Å². The first-order valence-electron chi connectivity index (χ1n) is 13.0. The van der Waals surface area contributed by atoms with E-state index in [0.29, 0.717) is 30.2 Å². The van der Waals surface area contributed by atoms with Crippen molar-refractivity contribution < 1.29 is 22.7 Å². The average molecular weight is 529 g/mol. The molecule has 0 spiro atoms. The summed E-state index contributed by atoms with van der Waals surface area (Å²) in [7, 11) is 0. The quantitative estimate of drug-likeness (QED) is 0.406. The molecule has 2 aliphatic rings. The van der Waals surface area contributed by atoms with E-state index >= 15 is 0 Å². The van der Waals surface area contributed by atoms with E-state index < -0.39 is 17.8 Å². The molecular weight excluding hydrogens is 497 g/mol. The number of aryl methyl sites for hydroxylation is 2. The summed E-state index contributed by atoms with van der Waals surface area (Å²) in [4.78, 5) is 33.1. The van der Waals surface area contributed by atoms with Crippen LogP contribution in [-0.2, 0) is 25.7 Å². The smallest absolute Gasteiger partial charge is 0.416 e. The van der Waals surface area contributed by atoms with Crippen molar-refractivity contribution in [1.29, 1.82) is 0 Å². The van der Waals surface area contributed by atoms with E-state index in [4.69, 9.17) is 4.74 Å². The van der Waals surface area contributed by atoms with Gasteiger partial charge >= 0.3 is 6.18 Å². The molecule has 38 heavy (non-hydrogen) atoms. The third-order valence-electron chi connectivity index (χ3n) is 7.13. The number of hydrogen-bond donors (Lipinski definition) is 0. The van der Waals surface area contributed by atoms with Crippen molar-refractivity contribution in [2.75, 3.05) is 6.61 Å². The van der Waals surface area contributed by atoms with Gasteiger partial charge in [0.1, 0.15) is 17.1 Å². The van der Waals surface area contributed by atoms with E-state index in [0.717, 1.165) is 42.7 Å². The number of pyridine rings is 1. The fourth-order valence-electron chi connectivity index (χ4n) is 4.96. The minimum Gasteiger partial charge on any atom is -0.493 e. The van der Waals surface area contributed by atoms with Crippen LogP contribution in [0.5, 0.6) is 5.75 Å². The van der Waals surface area contributed by atoms with Crippen LogP contribution in [0.3, 0.4) is 0 Å². The van der Waals surface area contributed by atoms with Crippen LogP contribution in [0.2, 0.25) is 0 Å². The lowest BCUT2D eigenvalue weighted by atomic mass is 10.0.